The van der Waals surface area contributed by atoms with Gasteiger partial charge in [-0.3, -0.25) is 0 Å². The van der Waals surface area contributed by atoms with Crippen LogP contribution >= 0.6 is 0 Å². The van der Waals surface area contributed by atoms with Gasteiger partial charge in [0, 0.05) is 0 Å². The van der Waals surface area contributed by atoms with E-state index in [0.29, 0.717) is 12.4 Å². The number of aliphatic hydroxyl groups excluding tert-OH is 2. The van der Waals surface area contributed by atoms with Crippen molar-refractivity contribution in [3.05, 3.63) is 102 Å². The van der Waals surface area contributed by atoms with Crippen LogP contribution < -0.4 is 4.74 Å². The first kappa shape index (κ1) is 22.5. The smallest absolute Gasteiger partial charge is 0.184 e. The maximum Gasteiger partial charge on any atom is 0.184 e. The summed E-state index contributed by atoms with van der Waals surface area (Å²) in [5.41, 5.74) is 1.95. The van der Waals surface area contributed by atoms with Gasteiger partial charge in [0.25, 0.3) is 0 Å². The molecule has 0 aromatic heterocycles. The zero-order valence-corrected chi connectivity index (χ0v) is 17.7. The first-order valence-corrected chi connectivity index (χ1v) is 10.7. The molecule has 6 nitrogen and oxygen atoms in total. The summed E-state index contributed by atoms with van der Waals surface area (Å²) in [6.45, 7) is 0.250. The van der Waals surface area contributed by atoms with Gasteiger partial charge in [-0.25, -0.2) is 0 Å². The van der Waals surface area contributed by atoms with Crippen molar-refractivity contribution in [2.45, 2.75) is 43.9 Å². The van der Waals surface area contributed by atoms with E-state index in [1.165, 1.54) is 0 Å². The van der Waals surface area contributed by atoms with E-state index in [-0.39, 0.29) is 13.2 Å². The molecule has 32 heavy (non-hydrogen) atoms. The largest absolute Gasteiger partial charge is 0.485 e. The Labute approximate surface area is 188 Å². The van der Waals surface area contributed by atoms with Crippen LogP contribution in [0.2, 0.25) is 0 Å². The minimum atomic E-state index is -1.27. The van der Waals surface area contributed by atoms with Crippen LogP contribution in [0.1, 0.15) is 11.1 Å². The minimum absolute atomic E-state index is 0.277. The molecule has 0 saturated carbocycles. The molecular formula is C26H28O6. The first-order valence-electron chi connectivity index (χ1n) is 10.7. The van der Waals surface area contributed by atoms with Gasteiger partial charge in [-0.2, -0.15) is 0 Å². The highest BCUT2D eigenvalue weighted by Gasteiger charge is 2.48. The fourth-order valence-electron chi connectivity index (χ4n) is 3.74. The molecule has 3 aromatic carbocycles. The fraction of sp³-hybridized carbons (Fsp3) is 0.308. The Kier molecular flexibility index (Phi) is 7.87. The summed E-state index contributed by atoms with van der Waals surface area (Å²) in [4.78, 5) is 0. The Morgan fingerprint density at radius 3 is 1.69 bits per heavy atom. The number of rotatable bonds is 9. The van der Waals surface area contributed by atoms with E-state index >= 15 is 0 Å². The molecule has 0 spiro atoms. The van der Waals surface area contributed by atoms with Crippen molar-refractivity contribution in [3.63, 3.8) is 0 Å². The average molecular weight is 437 g/mol. The predicted octanol–water partition coefficient (Wildman–Crippen LogP) is 3.31. The Hall–Kier alpha value is -2.74. The second-order valence-electron chi connectivity index (χ2n) is 7.67. The van der Waals surface area contributed by atoms with Crippen molar-refractivity contribution in [1.29, 1.82) is 0 Å². The molecule has 168 valence electrons. The van der Waals surface area contributed by atoms with Gasteiger partial charge in [0.1, 0.15) is 24.1 Å². The minimum Gasteiger partial charge on any atom is -0.485 e. The predicted molar refractivity (Wildman–Crippen MR) is 119 cm³/mol. The van der Waals surface area contributed by atoms with Gasteiger partial charge in [0.15, 0.2) is 12.4 Å². The SMILES string of the molecule is OC[C@H]1O[C@H](O)[C@H](OCc2ccccc2)[C@@H](OCc2ccccc2)[C@@H]1Oc1ccccc1. The molecule has 2 N–H and O–H groups in total. The summed E-state index contributed by atoms with van der Waals surface area (Å²) in [7, 11) is 0. The van der Waals surface area contributed by atoms with Gasteiger partial charge in [-0.15, -0.1) is 0 Å². The van der Waals surface area contributed by atoms with Crippen LogP contribution in [0.5, 0.6) is 5.75 Å². The molecule has 0 bridgehead atoms. The van der Waals surface area contributed by atoms with Crippen LogP contribution in [0.4, 0.5) is 0 Å². The summed E-state index contributed by atoms with van der Waals surface area (Å²) in [5.74, 6) is 0.617. The van der Waals surface area contributed by atoms with Crippen molar-refractivity contribution in [3.8, 4) is 5.75 Å². The fourth-order valence-corrected chi connectivity index (χ4v) is 3.74. The van der Waals surface area contributed by atoms with E-state index in [2.05, 4.69) is 0 Å². The summed E-state index contributed by atoms with van der Waals surface area (Å²) in [5, 5.41) is 20.6. The van der Waals surface area contributed by atoms with Crippen molar-refractivity contribution in [1.82, 2.24) is 0 Å². The highest BCUT2D eigenvalue weighted by molar-refractivity contribution is 5.22. The van der Waals surface area contributed by atoms with E-state index in [1.807, 2.05) is 91.0 Å². The molecule has 0 aliphatic carbocycles. The number of hydrogen-bond acceptors (Lipinski definition) is 6. The lowest BCUT2D eigenvalue weighted by molar-refractivity contribution is -0.303. The molecule has 1 saturated heterocycles. The van der Waals surface area contributed by atoms with Gasteiger partial charge >= 0.3 is 0 Å². The van der Waals surface area contributed by atoms with Gasteiger partial charge in [-0.1, -0.05) is 78.9 Å². The maximum absolute atomic E-state index is 10.7. The average Bonchev–Trinajstić information content (AvgIpc) is 2.85. The van der Waals surface area contributed by atoms with E-state index in [1.54, 1.807) is 0 Å². The van der Waals surface area contributed by atoms with Crippen LogP contribution in [0.3, 0.4) is 0 Å². The van der Waals surface area contributed by atoms with Gasteiger partial charge < -0.3 is 29.2 Å². The topological polar surface area (TPSA) is 77.4 Å². The number of ether oxygens (including phenoxy) is 4. The summed E-state index contributed by atoms with van der Waals surface area (Å²) in [6, 6.07) is 28.7. The zero-order valence-electron chi connectivity index (χ0n) is 17.7. The number of para-hydroxylation sites is 1. The Balaban J connectivity index is 1.57. The molecule has 0 radical (unpaired) electrons. The van der Waals surface area contributed by atoms with Crippen LogP contribution in [-0.2, 0) is 27.4 Å². The van der Waals surface area contributed by atoms with Crippen LogP contribution in [-0.4, -0.2) is 47.5 Å². The zero-order chi connectivity index (χ0) is 22.2. The third-order valence-corrected chi connectivity index (χ3v) is 5.38. The highest BCUT2D eigenvalue weighted by atomic mass is 16.7. The van der Waals surface area contributed by atoms with E-state index in [4.69, 9.17) is 18.9 Å². The maximum atomic E-state index is 10.7. The van der Waals surface area contributed by atoms with Crippen molar-refractivity contribution in [2.75, 3.05) is 6.61 Å². The molecule has 5 atom stereocenters. The van der Waals surface area contributed by atoms with Gasteiger partial charge in [0.2, 0.25) is 0 Å². The molecule has 3 aromatic rings. The highest BCUT2D eigenvalue weighted by Crippen LogP contribution is 2.30. The lowest BCUT2D eigenvalue weighted by Crippen LogP contribution is -2.62. The normalized spacial score (nSPS) is 25.4. The van der Waals surface area contributed by atoms with Crippen molar-refractivity contribution in [2.24, 2.45) is 0 Å². The number of aliphatic hydroxyl groups is 2. The second kappa shape index (κ2) is 11.2. The monoisotopic (exact) mass is 436 g/mol. The first-order chi connectivity index (χ1) is 15.7. The molecule has 1 aliphatic rings. The molecule has 0 amide bonds. The Morgan fingerprint density at radius 2 is 1.16 bits per heavy atom. The molecule has 6 heteroatoms. The van der Waals surface area contributed by atoms with E-state index < -0.39 is 30.7 Å². The van der Waals surface area contributed by atoms with Crippen LogP contribution in [0.15, 0.2) is 91.0 Å². The molecule has 0 unspecified atom stereocenters. The van der Waals surface area contributed by atoms with E-state index in [0.717, 1.165) is 11.1 Å². The molecule has 1 aliphatic heterocycles. The number of benzene rings is 3. The standard InChI is InChI=1S/C26H28O6/c27-16-22-23(31-21-14-8-3-9-15-21)24(29-17-19-10-4-1-5-11-19)25(26(28)32-22)30-18-20-12-6-2-7-13-20/h1-15,22-28H,16-18H2/t22-,23-,24+,25-,26+/m1/s1. The summed E-state index contributed by atoms with van der Waals surface area (Å²) >= 11 is 0. The quantitative estimate of drug-likeness (QED) is 0.536. The van der Waals surface area contributed by atoms with E-state index in [9.17, 15) is 10.2 Å². The Bertz CT molecular complexity index is 921. The Morgan fingerprint density at radius 1 is 0.656 bits per heavy atom. The van der Waals surface area contributed by atoms with Gasteiger partial charge in [-0.05, 0) is 23.3 Å². The third kappa shape index (κ3) is 5.73. The summed E-state index contributed by atoms with van der Waals surface area (Å²) in [6.07, 6.45) is -4.22. The lowest BCUT2D eigenvalue weighted by Gasteiger charge is -2.44. The van der Waals surface area contributed by atoms with Crippen LogP contribution in [0.25, 0.3) is 0 Å². The lowest BCUT2D eigenvalue weighted by atomic mass is 9.98. The molecule has 1 heterocycles. The molecular weight excluding hydrogens is 408 g/mol. The summed E-state index contributed by atoms with van der Waals surface area (Å²) < 4.78 is 24.2. The van der Waals surface area contributed by atoms with Crippen molar-refractivity contribution < 1.29 is 29.2 Å². The number of hydrogen-bond donors (Lipinski definition) is 2. The molecule has 1 fully saturated rings. The third-order valence-electron chi connectivity index (χ3n) is 5.38. The molecule has 4 rings (SSSR count). The van der Waals surface area contributed by atoms with Crippen LogP contribution in [0, 0.1) is 0 Å². The van der Waals surface area contributed by atoms with Crippen molar-refractivity contribution >= 4 is 0 Å². The second-order valence-corrected chi connectivity index (χ2v) is 7.67. The van der Waals surface area contributed by atoms with Gasteiger partial charge in [0.05, 0.1) is 19.8 Å².